The zero-order valence-electron chi connectivity index (χ0n) is 7.15. The van der Waals surface area contributed by atoms with Crippen molar-refractivity contribution < 1.29 is 0 Å². The van der Waals surface area contributed by atoms with Crippen molar-refractivity contribution in [1.82, 2.24) is 0 Å². The van der Waals surface area contributed by atoms with Crippen LogP contribution >= 0.6 is 0 Å². The van der Waals surface area contributed by atoms with Crippen LogP contribution in [0.2, 0.25) is 0 Å². The molecule has 0 aromatic rings. The highest BCUT2D eigenvalue weighted by atomic mass is 14.1. The Morgan fingerprint density at radius 1 is 1.50 bits per heavy atom. The quantitative estimate of drug-likeness (QED) is 0.546. The summed E-state index contributed by atoms with van der Waals surface area (Å²) >= 11 is 0. The van der Waals surface area contributed by atoms with Crippen molar-refractivity contribution in [2.24, 2.45) is 5.92 Å². The minimum absolute atomic E-state index is 0.811. The lowest BCUT2D eigenvalue weighted by Gasteiger charge is -2.03. The van der Waals surface area contributed by atoms with Gasteiger partial charge < -0.3 is 0 Å². The van der Waals surface area contributed by atoms with Crippen molar-refractivity contribution >= 4 is 0 Å². The van der Waals surface area contributed by atoms with Gasteiger partial charge >= 0.3 is 0 Å². The van der Waals surface area contributed by atoms with Crippen molar-refractivity contribution in [3.8, 4) is 0 Å². The van der Waals surface area contributed by atoms with E-state index in [4.69, 9.17) is 0 Å². The second-order valence-electron chi connectivity index (χ2n) is 3.55. The fraction of sp³-hybridized carbons (Fsp3) is 0.600. The van der Waals surface area contributed by atoms with Gasteiger partial charge in [0, 0.05) is 0 Å². The first-order chi connectivity index (χ1) is 4.68. The summed E-state index contributed by atoms with van der Waals surface area (Å²) in [6.45, 7) is 6.72. The van der Waals surface area contributed by atoms with Crippen LogP contribution in [0.5, 0.6) is 0 Å². The molecule has 56 valence electrons. The van der Waals surface area contributed by atoms with Crippen LogP contribution in [0, 0.1) is 5.92 Å². The molecule has 0 spiro atoms. The van der Waals surface area contributed by atoms with Crippen molar-refractivity contribution in [2.45, 2.75) is 33.6 Å². The van der Waals surface area contributed by atoms with Crippen LogP contribution in [0.25, 0.3) is 0 Å². The van der Waals surface area contributed by atoms with Gasteiger partial charge in [0.05, 0.1) is 0 Å². The van der Waals surface area contributed by atoms with Crippen molar-refractivity contribution in [3.05, 3.63) is 23.3 Å². The Labute approximate surface area is 63.6 Å². The van der Waals surface area contributed by atoms with Crippen molar-refractivity contribution in [2.75, 3.05) is 0 Å². The second kappa shape index (κ2) is 3.05. The predicted molar refractivity (Wildman–Crippen MR) is 45.9 cm³/mol. The Morgan fingerprint density at radius 3 is 2.60 bits per heavy atom. The molecule has 0 unspecified atom stereocenters. The molecule has 0 aromatic carbocycles. The summed E-state index contributed by atoms with van der Waals surface area (Å²) in [7, 11) is 0. The summed E-state index contributed by atoms with van der Waals surface area (Å²) in [5, 5.41) is 0. The molecule has 1 rings (SSSR count). The zero-order chi connectivity index (χ0) is 7.56. The molecule has 1 aliphatic rings. The molecule has 0 N–H and O–H groups in total. The van der Waals surface area contributed by atoms with Crippen LogP contribution in [0.4, 0.5) is 0 Å². The first kappa shape index (κ1) is 7.59. The highest BCUT2D eigenvalue weighted by molar-refractivity contribution is 5.30. The van der Waals surface area contributed by atoms with E-state index in [1.807, 2.05) is 0 Å². The molecular weight excluding hydrogens is 120 g/mol. The van der Waals surface area contributed by atoms with Gasteiger partial charge in [-0.05, 0) is 25.7 Å². The lowest BCUT2D eigenvalue weighted by Crippen LogP contribution is -1.88. The summed E-state index contributed by atoms with van der Waals surface area (Å²) in [6.07, 6.45) is 7.09. The van der Waals surface area contributed by atoms with Crippen molar-refractivity contribution in [3.63, 3.8) is 0 Å². The van der Waals surface area contributed by atoms with E-state index in [2.05, 4.69) is 32.9 Å². The lowest BCUT2D eigenvalue weighted by molar-refractivity contribution is 0.637. The van der Waals surface area contributed by atoms with Crippen LogP contribution in [0.1, 0.15) is 33.6 Å². The molecule has 0 heterocycles. The molecule has 0 saturated heterocycles. The fourth-order valence-electron chi connectivity index (χ4n) is 1.40. The standard InChI is InChI=1S/C10H16/c1-8(2)6-10-5-4-9(3)7-10/h4,7-8H,5-6H2,1-3H3. The first-order valence-corrected chi connectivity index (χ1v) is 4.04. The van der Waals surface area contributed by atoms with E-state index >= 15 is 0 Å². The first-order valence-electron chi connectivity index (χ1n) is 4.04. The average Bonchev–Trinajstić information content (AvgIpc) is 2.13. The molecule has 0 saturated carbocycles. The molecule has 0 radical (unpaired) electrons. The van der Waals surface area contributed by atoms with E-state index in [0.717, 1.165) is 5.92 Å². The van der Waals surface area contributed by atoms with Crippen LogP contribution in [-0.2, 0) is 0 Å². The van der Waals surface area contributed by atoms with Gasteiger partial charge in [-0.2, -0.15) is 0 Å². The Kier molecular flexibility index (Phi) is 2.31. The van der Waals surface area contributed by atoms with E-state index < -0.39 is 0 Å². The molecule has 0 atom stereocenters. The Balaban J connectivity index is 2.41. The summed E-state index contributed by atoms with van der Waals surface area (Å²) < 4.78 is 0. The maximum atomic E-state index is 2.32. The summed E-state index contributed by atoms with van der Waals surface area (Å²) in [4.78, 5) is 0. The largest absolute Gasteiger partial charge is 0.0775 e. The molecule has 0 aliphatic heterocycles. The molecule has 10 heavy (non-hydrogen) atoms. The van der Waals surface area contributed by atoms with E-state index in [0.29, 0.717) is 0 Å². The third-order valence-electron chi connectivity index (χ3n) is 1.79. The highest BCUT2D eigenvalue weighted by Crippen LogP contribution is 2.22. The molecule has 0 aromatic heterocycles. The van der Waals surface area contributed by atoms with Gasteiger partial charge in [-0.1, -0.05) is 37.1 Å². The molecule has 1 aliphatic carbocycles. The topological polar surface area (TPSA) is 0 Å². The summed E-state index contributed by atoms with van der Waals surface area (Å²) in [5.41, 5.74) is 3.04. The summed E-state index contributed by atoms with van der Waals surface area (Å²) in [5.74, 6) is 0.811. The van der Waals surface area contributed by atoms with E-state index in [1.54, 1.807) is 5.57 Å². The monoisotopic (exact) mass is 136 g/mol. The van der Waals surface area contributed by atoms with Crippen LogP contribution in [-0.4, -0.2) is 0 Å². The van der Waals surface area contributed by atoms with Gasteiger partial charge in [-0.25, -0.2) is 0 Å². The third-order valence-corrected chi connectivity index (χ3v) is 1.79. The molecule has 0 heteroatoms. The SMILES string of the molecule is CC1=CCC(CC(C)C)=C1. The van der Waals surface area contributed by atoms with Crippen LogP contribution in [0.15, 0.2) is 23.3 Å². The second-order valence-corrected chi connectivity index (χ2v) is 3.55. The van der Waals surface area contributed by atoms with Crippen LogP contribution in [0.3, 0.4) is 0 Å². The number of rotatable bonds is 2. The minimum Gasteiger partial charge on any atom is -0.0775 e. The van der Waals surface area contributed by atoms with Gasteiger partial charge in [0.1, 0.15) is 0 Å². The zero-order valence-corrected chi connectivity index (χ0v) is 7.15. The molecular formula is C10H16. The smallest absolute Gasteiger partial charge is 0.0130 e. The normalized spacial score (nSPS) is 17.6. The minimum atomic E-state index is 0.811. The third kappa shape index (κ3) is 2.02. The van der Waals surface area contributed by atoms with Crippen molar-refractivity contribution in [1.29, 1.82) is 0 Å². The number of hydrogen-bond acceptors (Lipinski definition) is 0. The van der Waals surface area contributed by atoms with Gasteiger partial charge in [0.15, 0.2) is 0 Å². The highest BCUT2D eigenvalue weighted by Gasteiger charge is 2.04. The predicted octanol–water partition coefficient (Wildman–Crippen LogP) is 3.31. The van der Waals surface area contributed by atoms with Crippen LogP contribution < -0.4 is 0 Å². The van der Waals surface area contributed by atoms with E-state index in [1.165, 1.54) is 18.4 Å². The Morgan fingerprint density at radius 2 is 2.20 bits per heavy atom. The van der Waals surface area contributed by atoms with Gasteiger partial charge in [-0.15, -0.1) is 0 Å². The van der Waals surface area contributed by atoms with E-state index in [-0.39, 0.29) is 0 Å². The molecule has 0 fully saturated rings. The molecule has 0 amide bonds. The van der Waals surface area contributed by atoms with Gasteiger partial charge in [0.2, 0.25) is 0 Å². The Hall–Kier alpha value is -0.520. The van der Waals surface area contributed by atoms with Gasteiger partial charge in [0.25, 0.3) is 0 Å². The molecule has 0 nitrogen and oxygen atoms in total. The average molecular weight is 136 g/mol. The lowest BCUT2D eigenvalue weighted by atomic mass is 10.0. The summed E-state index contributed by atoms with van der Waals surface area (Å²) in [6, 6.07) is 0. The molecule has 0 bridgehead atoms. The maximum absolute atomic E-state index is 2.32. The van der Waals surface area contributed by atoms with Gasteiger partial charge in [-0.3, -0.25) is 0 Å². The van der Waals surface area contributed by atoms with E-state index in [9.17, 15) is 0 Å². The Bertz CT molecular complexity index is 170. The number of allylic oxidation sites excluding steroid dienone is 4. The maximum Gasteiger partial charge on any atom is -0.0130 e. The fourth-order valence-corrected chi connectivity index (χ4v) is 1.40. The number of hydrogen-bond donors (Lipinski definition) is 0.